The zero-order valence-corrected chi connectivity index (χ0v) is 11.0. The summed E-state index contributed by atoms with van der Waals surface area (Å²) in [6.45, 7) is 2.16. The zero-order valence-electron chi connectivity index (χ0n) is 11.0. The Hall–Kier alpha value is -1.39. The van der Waals surface area contributed by atoms with Crippen LogP contribution in [-0.4, -0.2) is 37.6 Å². The lowest BCUT2D eigenvalue weighted by Crippen LogP contribution is -2.36. The lowest BCUT2D eigenvalue weighted by Gasteiger charge is -2.22. The second-order valence-electron chi connectivity index (χ2n) is 4.20. The van der Waals surface area contributed by atoms with E-state index in [-0.39, 0.29) is 12.5 Å². The molecule has 0 saturated heterocycles. The molecule has 0 heterocycles. The number of unbranched alkanes of at least 4 members (excludes halogenated alkanes) is 1. The van der Waals surface area contributed by atoms with Crippen molar-refractivity contribution in [3.8, 4) is 0 Å². The summed E-state index contributed by atoms with van der Waals surface area (Å²) in [6.07, 6.45) is 1.89. The average Bonchev–Trinajstić information content (AvgIpc) is 2.42. The van der Waals surface area contributed by atoms with Gasteiger partial charge < -0.3 is 15.4 Å². The van der Waals surface area contributed by atoms with Crippen LogP contribution < -0.4 is 5.73 Å². The molecule has 0 bridgehead atoms. The molecule has 100 valence electrons. The molecule has 0 aliphatic carbocycles. The van der Waals surface area contributed by atoms with E-state index in [4.69, 9.17) is 10.5 Å². The second kappa shape index (κ2) is 8.66. The molecule has 0 aromatic heterocycles. The van der Waals surface area contributed by atoms with E-state index in [1.807, 2.05) is 35.2 Å². The van der Waals surface area contributed by atoms with Crippen LogP contribution in [0.3, 0.4) is 0 Å². The van der Waals surface area contributed by atoms with Crippen LogP contribution >= 0.6 is 0 Å². The van der Waals surface area contributed by atoms with Gasteiger partial charge in [-0.2, -0.15) is 0 Å². The van der Waals surface area contributed by atoms with Gasteiger partial charge in [0.15, 0.2) is 0 Å². The van der Waals surface area contributed by atoms with E-state index in [0.29, 0.717) is 6.54 Å². The molecule has 0 aliphatic heterocycles. The van der Waals surface area contributed by atoms with E-state index in [2.05, 4.69) is 0 Å². The Labute approximate surface area is 109 Å². The number of methoxy groups -OCH3 is 1. The molecule has 1 rings (SSSR count). The molecule has 2 N–H and O–H groups in total. The van der Waals surface area contributed by atoms with Crippen molar-refractivity contribution in [2.24, 2.45) is 5.73 Å². The molecule has 0 spiro atoms. The number of carbonyl (C=O) groups is 1. The predicted octanol–water partition coefficient (Wildman–Crippen LogP) is 1.40. The monoisotopic (exact) mass is 250 g/mol. The summed E-state index contributed by atoms with van der Waals surface area (Å²) < 4.78 is 5.00. The summed E-state index contributed by atoms with van der Waals surface area (Å²) in [5, 5.41) is 0. The van der Waals surface area contributed by atoms with Crippen molar-refractivity contribution in [3.05, 3.63) is 35.9 Å². The molecule has 1 amide bonds. The van der Waals surface area contributed by atoms with Crippen molar-refractivity contribution >= 4 is 5.91 Å². The maximum absolute atomic E-state index is 11.7. The van der Waals surface area contributed by atoms with Crippen LogP contribution in [-0.2, 0) is 16.1 Å². The summed E-state index contributed by atoms with van der Waals surface area (Å²) in [7, 11) is 1.69. The van der Waals surface area contributed by atoms with E-state index in [1.165, 1.54) is 0 Å². The Bertz CT molecular complexity index is 341. The Morgan fingerprint density at radius 3 is 2.61 bits per heavy atom. The van der Waals surface area contributed by atoms with E-state index >= 15 is 0 Å². The summed E-state index contributed by atoms with van der Waals surface area (Å²) in [4.78, 5) is 13.6. The van der Waals surface area contributed by atoms with Crippen LogP contribution in [0.15, 0.2) is 30.3 Å². The summed E-state index contributed by atoms with van der Waals surface area (Å²) in [5.74, 6) is -0.00345. The first-order chi connectivity index (χ1) is 8.77. The van der Waals surface area contributed by atoms with Gasteiger partial charge >= 0.3 is 0 Å². The molecule has 4 nitrogen and oxygen atoms in total. The molecule has 0 radical (unpaired) electrons. The topological polar surface area (TPSA) is 55.6 Å². The first-order valence-corrected chi connectivity index (χ1v) is 6.28. The lowest BCUT2D eigenvalue weighted by atomic mass is 10.2. The van der Waals surface area contributed by atoms with Gasteiger partial charge in [-0.1, -0.05) is 30.3 Å². The third-order valence-corrected chi connectivity index (χ3v) is 2.77. The van der Waals surface area contributed by atoms with E-state index < -0.39 is 0 Å². The van der Waals surface area contributed by atoms with Gasteiger partial charge in [0.25, 0.3) is 0 Å². The predicted molar refractivity (Wildman–Crippen MR) is 72.0 cm³/mol. The van der Waals surface area contributed by atoms with Gasteiger partial charge in [0.2, 0.25) is 5.91 Å². The number of hydrogen-bond acceptors (Lipinski definition) is 3. The van der Waals surface area contributed by atoms with Gasteiger partial charge in [0.1, 0.15) is 0 Å². The maximum atomic E-state index is 11.7. The average molecular weight is 250 g/mol. The van der Waals surface area contributed by atoms with Crippen molar-refractivity contribution in [1.29, 1.82) is 0 Å². The fourth-order valence-corrected chi connectivity index (χ4v) is 1.77. The smallest absolute Gasteiger partial charge is 0.236 e. The van der Waals surface area contributed by atoms with Crippen LogP contribution in [0.4, 0.5) is 0 Å². The van der Waals surface area contributed by atoms with Gasteiger partial charge in [-0.25, -0.2) is 0 Å². The number of hydrogen-bond donors (Lipinski definition) is 1. The molecule has 0 fully saturated rings. The number of amides is 1. The highest BCUT2D eigenvalue weighted by molar-refractivity contribution is 5.78. The minimum atomic E-state index is -0.00345. The van der Waals surface area contributed by atoms with Crippen LogP contribution in [0.5, 0.6) is 0 Å². The molecule has 0 aliphatic rings. The van der Waals surface area contributed by atoms with Crippen molar-refractivity contribution in [1.82, 2.24) is 4.90 Å². The minimum Gasteiger partial charge on any atom is -0.385 e. The molecule has 4 heteroatoms. The van der Waals surface area contributed by atoms with E-state index in [9.17, 15) is 4.79 Å². The zero-order chi connectivity index (χ0) is 13.2. The molecular formula is C14H22N2O2. The Morgan fingerprint density at radius 1 is 1.28 bits per heavy atom. The summed E-state index contributed by atoms with van der Waals surface area (Å²) in [5.41, 5.74) is 6.57. The highest BCUT2D eigenvalue weighted by Gasteiger charge is 2.11. The Morgan fingerprint density at radius 2 is 2.00 bits per heavy atom. The minimum absolute atomic E-state index is 0.00345. The molecule has 1 aromatic rings. The molecule has 0 unspecified atom stereocenters. The fraction of sp³-hybridized carbons (Fsp3) is 0.500. The van der Waals surface area contributed by atoms with Gasteiger partial charge in [0.05, 0.1) is 6.54 Å². The quantitative estimate of drug-likeness (QED) is 0.710. The van der Waals surface area contributed by atoms with Crippen molar-refractivity contribution < 1.29 is 9.53 Å². The van der Waals surface area contributed by atoms with Crippen LogP contribution in [0.1, 0.15) is 18.4 Å². The number of benzene rings is 1. The molecule has 18 heavy (non-hydrogen) atoms. The van der Waals surface area contributed by atoms with Crippen molar-refractivity contribution in [3.63, 3.8) is 0 Å². The molecular weight excluding hydrogens is 228 g/mol. The first kappa shape index (κ1) is 14.7. The molecule has 0 atom stereocenters. The second-order valence-corrected chi connectivity index (χ2v) is 4.20. The van der Waals surface area contributed by atoms with Gasteiger partial charge in [-0.3, -0.25) is 4.79 Å². The van der Waals surface area contributed by atoms with Crippen LogP contribution in [0.25, 0.3) is 0 Å². The molecule has 1 aromatic carbocycles. The van der Waals surface area contributed by atoms with E-state index in [0.717, 1.165) is 31.6 Å². The standard InChI is InChI=1S/C14H22N2O2/c1-18-10-6-5-9-16(14(17)11-15)12-13-7-3-2-4-8-13/h2-4,7-8H,5-6,9-12,15H2,1H3. The third kappa shape index (κ3) is 5.29. The Kier molecular flexibility index (Phi) is 7.06. The lowest BCUT2D eigenvalue weighted by molar-refractivity contribution is -0.130. The van der Waals surface area contributed by atoms with Crippen LogP contribution in [0, 0.1) is 0 Å². The molecule has 0 saturated carbocycles. The fourth-order valence-electron chi connectivity index (χ4n) is 1.77. The van der Waals surface area contributed by atoms with Gasteiger partial charge in [-0.05, 0) is 18.4 Å². The number of nitrogens with two attached hydrogens (primary N) is 1. The first-order valence-electron chi connectivity index (χ1n) is 6.28. The number of rotatable bonds is 8. The van der Waals surface area contributed by atoms with Crippen LogP contribution in [0.2, 0.25) is 0 Å². The van der Waals surface area contributed by atoms with Crippen molar-refractivity contribution in [2.75, 3.05) is 26.8 Å². The SMILES string of the molecule is COCCCCN(Cc1ccccc1)C(=O)CN. The van der Waals surface area contributed by atoms with Crippen molar-refractivity contribution in [2.45, 2.75) is 19.4 Å². The highest BCUT2D eigenvalue weighted by Crippen LogP contribution is 2.06. The maximum Gasteiger partial charge on any atom is 0.236 e. The summed E-state index contributed by atoms with van der Waals surface area (Å²) >= 11 is 0. The summed E-state index contributed by atoms with van der Waals surface area (Å²) in [6, 6.07) is 9.96. The van der Waals surface area contributed by atoms with E-state index in [1.54, 1.807) is 7.11 Å². The van der Waals surface area contributed by atoms with Gasteiger partial charge in [-0.15, -0.1) is 0 Å². The Balaban J connectivity index is 2.48. The normalized spacial score (nSPS) is 10.3. The largest absolute Gasteiger partial charge is 0.385 e. The highest BCUT2D eigenvalue weighted by atomic mass is 16.5. The van der Waals surface area contributed by atoms with Gasteiger partial charge in [0, 0.05) is 26.8 Å². The third-order valence-electron chi connectivity index (χ3n) is 2.77. The number of carbonyl (C=O) groups excluding carboxylic acids is 1. The number of nitrogens with zero attached hydrogens (tertiary/aromatic N) is 1. The number of ether oxygens (including phenoxy) is 1.